The number of piperazine rings is 1. The normalized spacial score (nSPS) is 32.0. The van der Waals surface area contributed by atoms with Gasteiger partial charge in [-0.15, -0.1) is 0 Å². The Morgan fingerprint density at radius 2 is 1.61 bits per heavy atom. The lowest BCUT2D eigenvalue weighted by Crippen LogP contribution is -2.64. The van der Waals surface area contributed by atoms with Gasteiger partial charge in [0.15, 0.2) is 0 Å². The molecule has 180 valence electrons. The van der Waals surface area contributed by atoms with Crippen LogP contribution >= 0.6 is 0 Å². The zero-order valence-electron chi connectivity index (χ0n) is 22.1. The van der Waals surface area contributed by atoms with Gasteiger partial charge in [0.2, 0.25) is 0 Å². The van der Waals surface area contributed by atoms with Crippen LogP contribution in [0.25, 0.3) is 0 Å². The Morgan fingerprint density at radius 3 is 2.19 bits per heavy atom. The number of likely N-dealkylation sites (tertiary alicyclic amines) is 4. The molecule has 4 fully saturated rings. The molecule has 3 atom stereocenters. The summed E-state index contributed by atoms with van der Waals surface area (Å²) in [4.78, 5) is 11.2. The second kappa shape index (κ2) is 8.56. The zero-order chi connectivity index (χ0) is 22.6. The zero-order valence-corrected chi connectivity index (χ0v) is 22.1. The predicted octanol–water partition coefficient (Wildman–Crippen LogP) is 4.69. The van der Waals surface area contributed by atoms with Gasteiger partial charge in [-0.25, -0.2) is 0 Å². The first kappa shape index (κ1) is 24.0. The first-order valence-electron chi connectivity index (χ1n) is 13.4. The minimum Gasteiger partial charge on any atom is -0.299 e. The predicted molar refractivity (Wildman–Crippen MR) is 133 cm³/mol. The molecule has 0 N–H and O–H groups in total. The monoisotopic (exact) mass is 432 g/mol. The van der Waals surface area contributed by atoms with Crippen LogP contribution in [0.2, 0.25) is 0 Å². The van der Waals surface area contributed by atoms with E-state index in [0.717, 1.165) is 18.1 Å². The summed E-state index contributed by atoms with van der Waals surface area (Å²) >= 11 is 0. The number of nitrogens with zero attached hydrogens (tertiary/aromatic N) is 4. The molecule has 4 rings (SSSR count). The van der Waals surface area contributed by atoms with E-state index in [0.29, 0.717) is 22.5 Å². The first-order chi connectivity index (χ1) is 14.4. The molecule has 4 aliphatic rings. The maximum absolute atomic E-state index is 2.87. The maximum Gasteiger partial charge on any atom is 0.0244 e. The van der Waals surface area contributed by atoms with E-state index in [1.54, 1.807) is 0 Å². The van der Waals surface area contributed by atoms with Crippen LogP contribution in [0, 0.1) is 5.41 Å². The summed E-state index contributed by atoms with van der Waals surface area (Å²) in [6.45, 7) is 27.3. The van der Waals surface area contributed by atoms with Gasteiger partial charge < -0.3 is 0 Å². The fourth-order valence-corrected chi connectivity index (χ4v) is 7.28. The molecule has 0 aromatic rings. The van der Waals surface area contributed by atoms with Crippen LogP contribution < -0.4 is 0 Å². The van der Waals surface area contributed by atoms with E-state index in [-0.39, 0.29) is 0 Å². The Balaban J connectivity index is 1.26. The molecule has 0 aromatic carbocycles. The van der Waals surface area contributed by atoms with Crippen LogP contribution in [0.5, 0.6) is 0 Å². The minimum absolute atomic E-state index is 0.313. The van der Waals surface area contributed by atoms with E-state index in [4.69, 9.17) is 0 Å². The quantitative estimate of drug-likeness (QED) is 0.604. The first-order valence-corrected chi connectivity index (χ1v) is 13.4. The summed E-state index contributed by atoms with van der Waals surface area (Å²) in [7, 11) is 0. The molecule has 4 aliphatic heterocycles. The van der Waals surface area contributed by atoms with Crippen molar-refractivity contribution >= 4 is 0 Å². The van der Waals surface area contributed by atoms with Gasteiger partial charge in [0.1, 0.15) is 0 Å². The van der Waals surface area contributed by atoms with Crippen molar-refractivity contribution in [3.63, 3.8) is 0 Å². The smallest absolute Gasteiger partial charge is 0.0244 e. The van der Waals surface area contributed by atoms with Gasteiger partial charge in [0, 0.05) is 73.4 Å². The molecule has 0 radical (unpaired) electrons. The van der Waals surface area contributed by atoms with E-state index in [2.05, 4.69) is 75.0 Å². The van der Waals surface area contributed by atoms with Gasteiger partial charge in [0.05, 0.1) is 0 Å². The topological polar surface area (TPSA) is 13.0 Å². The standard InChI is InChI=1S/C27H52N4/c1-21(2)30-16-24-15-23(30)17-31(24)26(7,8)13-11-22(3)28-18-27(19-28)12-9-10-14-29(20-27)25(4,5)6/h21-24H,9-20H2,1-8H3. The summed E-state index contributed by atoms with van der Waals surface area (Å²) in [5, 5.41) is 0. The number of hydrogen-bond acceptors (Lipinski definition) is 4. The van der Waals surface area contributed by atoms with Gasteiger partial charge in [-0.2, -0.15) is 0 Å². The fraction of sp³-hybridized carbons (Fsp3) is 1.00. The Morgan fingerprint density at radius 1 is 0.903 bits per heavy atom. The highest BCUT2D eigenvalue weighted by atomic mass is 15.4. The maximum atomic E-state index is 2.87. The van der Waals surface area contributed by atoms with Gasteiger partial charge >= 0.3 is 0 Å². The average Bonchev–Trinajstić information content (AvgIpc) is 3.18. The largest absolute Gasteiger partial charge is 0.299 e. The van der Waals surface area contributed by atoms with Crippen LogP contribution in [-0.4, -0.2) is 94.1 Å². The second-order valence-corrected chi connectivity index (χ2v) is 13.6. The highest BCUT2D eigenvalue weighted by molar-refractivity contribution is 5.06. The Labute approximate surface area is 193 Å². The van der Waals surface area contributed by atoms with Gasteiger partial charge in [-0.3, -0.25) is 19.6 Å². The number of hydrogen-bond donors (Lipinski definition) is 0. The summed E-state index contributed by atoms with van der Waals surface area (Å²) in [5.74, 6) is 0. The molecule has 0 aromatic heterocycles. The summed E-state index contributed by atoms with van der Waals surface area (Å²) < 4.78 is 0. The third-order valence-corrected chi connectivity index (χ3v) is 9.46. The molecule has 4 saturated heterocycles. The van der Waals surface area contributed by atoms with Crippen molar-refractivity contribution < 1.29 is 0 Å². The van der Waals surface area contributed by atoms with E-state index in [9.17, 15) is 0 Å². The Kier molecular flexibility index (Phi) is 6.62. The lowest BCUT2D eigenvalue weighted by Gasteiger charge is -2.55. The van der Waals surface area contributed by atoms with E-state index < -0.39 is 0 Å². The third-order valence-electron chi connectivity index (χ3n) is 9.46. The molecule has 4 heteroatoms. The molecule has 1 spiro atoms. The molecule has 3 unspecified atom stereocenters. The van der Waals surface area contributed by atoms with Crippen molar-refractivity contribution in [1.82, 2.24) is 19.6 Å². The molecule has 31 heavy (non-hydrogen) atoms. The summed E-state index contributed by atoms with van der Waals surface area (Å²) in [6.07, 6.45) is 8.32. The van der Waals surface area contributed by atoms with Crippen molar-refractivity contribution in [2.45, 2.75) is 129 Å². The van der Waals surface area contributed by atoms with Crippen molar-refractivity contribution in [2.75, 3.05) is 39.3 Å². The second-order valence-electron chi connectivity index (χ2n) is 13.6. The summed E-state index contributed by atoms with van der Waals surface area (Å²) in [5.41, 5.74) is 1.22. The van der Waals surface area contributed by atoms with Crippen molar-refractivity contribution in [3.05, 3.63) is 0 Å². The highest BCUT2D eigenvalue weighted by Crippen LogP contribution is 2.43. The van der Waals surface area contributed by atoms with Crippen LogP contribution in [-0.2, 0) is 0 Å². The molecule has 0 aliphatic carbocycles. The fourth-order valence-electron chi connectivity index (χ4n) is 7.28. The molecule has 4 heterocycles. The molecule has 4 nitrogen and oxygen atoms in total. The van der Waals surface area contributed by atoms with Crippen molar-refractivity contribution in [2.24, 2.45) is 5.41 Å². The Bertz CT molecular complexity index is 615. The van der Waals surface area contributed by atoms with Crippen molar-refractivity contribution in [1.29, 1.82) is 0 Å². The van der Waals surface area contributed by atoms with Crippen LogP contribution in [0.3, 0.4) is 0 Å². The Hall–Kier alpha value is -0.160. The number of rotatable bonds is 6. The molecular weight excluding hydrogens is 380 g/mol. The van der Waals surface area contributed by atoms with Gasteiger partial charge in [-0.1, -0.05) is 6.42 Å². The summed E-state index contributed by atoms with van der Waals surface area (Å²) in [6, 6.07) is 3.03. The van der Waals surface area contributed by atoms with Crippen LogP contribution in [0.15, 0.2) is 0 Å². The molecule has 0 amide bonds. The third kappa shape index (κ3) is 4.88. The van der Waals surface area contributed by atoms with E-state index in [1.165, 1.54) is 77.8 Å². The van der Waals surface area contributed by atoms with Gasteiger partial charge in [-0.05, 0) is 94.0 Å². The SMILES string of the molecule is CC(CCC(C)(C)N1CC2CC1CN2C(C)C)N1CC2(CCCCN(C(C)(C)C)C2)C1. The van der Waals surface area contributed by atoms with E-state index in [1.807, 2.05) is 0 Å². The average molecular weight is 433 g/mol. The molecule has 0 saturated carbocycles. The molecular formula is C27H52N4. The van der Waals surface area contributed by atoms with Crippen LogP contribution in [0.1, 0.15) is 93.9 Å². The van der Waals surface area contributed by atoms with Crippen LogP contribution in [0.4, 0.5) is 0 Å². The molecule has 2 bridgehead atoms. The van der Waals surface area contributed by atoms with Gasteiger partial charge in [0.25, 0.3) is 0 Å². The minimum atomic E-state index is 0.313. The van der Waals surface area contributed by atoms with E-state index >= 15 is 0 Å². The lowest BCUT2D eigenvalue weighted by atomic mass is 9.74. The lowest BCUT2D eigenvalue weighted by molar-refractivity contribution is -0.0642. The number of fused-ring (bicyclic) bond motifs is 2. The van der Waals surface area contributed by atoms with Crippen molar-refractivity contribution in [3.8, 4) is 0 Å². The highest BCUT2D eigenvalue weighted by Gasteiger charge is 2.50.